The van der Waals surface area contributed by atoms with Gasteiger partial charge in [0, 0.05) is 61.9 Å². The molecule has 0 bridgehead atoms. The van der Waals surface area contributed by atoms with Gasteiger partial charge in [-0.3, -0.25) is 14.6 Å². The van der Waals surface area contributed by atoms with Gasteiger partial charge in [-0.15, -0.1) is 0 Å². The number of nitrogens with one attached hydrogen (secondary N) is 1. The third-order valence-electron chi connectivity index (χ3n) is 5.15. The van der Waals surface area contributed by atoms with Gasteiger partial charge in [0.15, 0.2) is 0 Å². The zero-order valence-corrected chi connectivity index (χ0v) is 17.0. The molecule has 2 aliphatic rings. The van der Waals surface area contributed by atoms with Crippen molar-refractivity contribution in [2.45, 2.75) is 25.7 Å². The first-order chi connectivity index (χ1) is 14.5. The molecule has 2 fully saturated rings. The Kier molecular flexibility index (Phi) is 6.91. The van der Waals surface area contributed by atoms with Gasteiger partial charge in [-0.05, 0) is 42.2 Å². The minimum Gasteiger partial charge on any atom is -0.318 e. The van der Waals surface area contributed by atoms with E-state index < -0.39 is 0 Å². The van der Waals surface area contributed by atoms with E-state index in [1.54, 1.807) is 34.3 Å². The fraction of sp³-hybridized carbons (Fsp3) is 0.250. The molecule has 3 heterocycles. The van der Waals surface area contributed by atoms with Crippen LogP contribution in [0, 0.1) is 5.41 Å². The fourth-order valence-corrected chi connectivity index (χ4v) is 3.51. The Morgan fingerprint density at radius 2 is 1.90 bits per heavy atom. The molecule has 0 saturated carbocycles. The topological polar surface area (TPSA) is 77.4 Å². The van der Waals surface area contributed by atoms with Gasteiger partial charge in [0.05, 0.1) is 5.70 Å². The minimum atomic E-state index is 0.0361. The van der Waals surface area contributed by atoms with Crippen molar-refractivity contribution in [2.75, 3.05) is 13.1 Å². The molecule has 1 aromatic rings. The Balaban J connectivity index is 2.08. The molecular weight excluding hydrogens is 376 g/mol. The molecule has 2 amide bonds. The molecule has 1 aromatic heterocycles. The molecule has 0 atom stereocenters. The number of rotatable bonds is 8. The van der Waals surface area contributed by atoms with Crippen LogP contribution in [0.1, 0.15) is 31.2 Å². The van der Waals surface area contributed by atoms with Crippen LogP contribution in [-0.2, 0) is 9.59 Å². The molecule has 0 aromatic carbocycles. The average Bonchev–Trinajstić information content (AvgIpc) is 3.37. The Bertz CT molecular complexity index is 957. The first kappa shape index (κ1) is 21.2. The van der Waals surface area contributed by atoms with Gasteiger partial charge in [0.25, 0.3) is 0 Å². The second-order valence-electron chi connectivity index (χ2n) is 7.22. The zero-order chi connectivity index (χ0) is 21.5. The zero-order valence-electron chi connectivity index (χ0n) is 17.0. The number of carbonyl (C=O) groups excluding carboxylic acids is 2. The monoisotopic (exact) mass is 402 g/mol. The third-order valence-corrected chi connectivity index (χ3v) is 5.15. The molecule has 6 nitrogen and oxygen atoms in total. The van der Waals surface area contributed by atoms with Crippen LogP contribution in [0.2, 0.25) is 0 Å². The van der Waals surface area contributed by atoms with Crippen LogP contribution in [0.25, 0.3) is 5.57 Å². The van der Waals surface area contributed by atoms with Crippen LogP contribution >= 0.6 is 0 Å². The second kappa shape index (κ2) is 9.78. The Morgan fingerprint density at radius 1 is 1.13 bits per heavy atom. The summed E-state index contributed by atoms with van der Waals surface area (Å²) in [5, 5.41) is 7.20. The number of amides is 2. The van der Waals surface area contributed by atoms with E-state index in [2.05, 4.69) is 18.1 Å². The summed E-state index contributed by atoms with van der Waals surface area (Å²) in [7, 11) is 0. The lowest BCUT2D eigenvalue weighted by atomic mass is 10.00. The lowest BCUT2D eigenvalue weighted by Crippen LogP contribution is -2.25. The van der Waals surface area contributed by atoms with Crippen molar-refractivity contribution in [3.05, 3.63) is 84.5 Å². The average molecular weight is 402 g/mol. The summed E-state index contributed by atoms with van der Waals surface area (Å²) in [6, 6.07) is 3.76. The number of likely N-dealkylation sites (tertiary alicyclic amines) is 2. The molecule has 2 saturated heterocycles. The predicted molar refractivity (Wildman–Crippen MR) is 118 cm³/mol. The van der Waals surface area contributed by atoms with Crippen LogP contribution in [-0.4, -0.2) is 45.9 Å². The highest BCUT2D eigenvalue weighted by molar-refractivity contribution is 5.86. The quantitative estimate of drug-likeness (QED) is 0.530. The lowest BCUT2D eigenvalue weighted by molar-refractivity contribution is -0.126. The highest BCUT2D eigenvalue weighted by Gasteiger charge is 2.26. The summed E-state index contributed by atoms with van der Waals surface area (Å²) in [6.45, 7) is 9.49. The maximum Gasteiger partial charge on any atom is 0.227 e. The van der Waals surface area contributed by atoms with E-state index in [0.717, 1.165) is 24.0 Å². The molecule has 0 spiro atoms. The first-order valence-corrected chi connectivity index (χ1v) is 10.0. The summed E-state index contributed by atoms with van der Waals surface area (Å²) in [5.74, 6) is 0.120. The van der Waals surface area contributed by atoms with Crippen molar-refractivity contribution < 1.29 is 9.59 Å². The van der Waals surface area contributed by atoms with Gasteiger partial charge in [-0.25, -0.2) is 0 Å². The lowest BCUT2D eigenvalue weighted by Gasteiger charge is -2.23. The molecule has 3 rings (SSSR count). The highest BCUT2D eigenvalue weighted by Crippen LogP contribution is 2.30. The maximum absolute atomic E-state index is 12.5. The van der Waals surface area contributed by atoms with Gasteiger partial charge in [0.1, 0.15) is 0 Å². The number of allylic oxidation sites excluding steroid dienone is 5. The van der Waals surface area contributed by atoms with Crippen molar-refractivity contribution in [2.24, 2.45) is 0 Å². The molecule has 154 valence electrons. The number of pyridine rings is 1. The molecule has 0 radical (unpaired) electrons. The molecule has 1 N–H and O–H groups in total. The van der Waals surface area contributed by atoms with Gasteiger partial charge >= 0.3 is 0 Å². The van der Waals surface area contributed by atoms with Crippen molar-refractivity contribution in [1.29, 1.82) is 5.41 Å². The van der Waals surface area contributed by atoms with E-state index in [-0.39, 0.29) is 11.8 Å². The summed E-state index contributed by atoms with van der Waals surface area (Å²) < 4.78 is 0. The highest BCUT2D eigenvalue weighted by atomic mass is 16.2. The SMILES string of the molecule is C=C(/C=C\C=N)C(=C)/C(=C\C(=C\N1CCCC1=O)c1cccnc1)N1CCCC1=O. The number of aromatic nitrogens is 1. The smallest absolute Gasteiger partial charge is 0.227 e. The van der Waals surface area contributed by atoms with Crippen LogP contribution < -0.4 is 0 Å². The van der Waals surface area contributed by atoms with Crippen molar-refractivity contribution in [1.82, 2.24) is 14.8 Å². The fourth-order valence-electron chi connectivity index (χ4n) is 3.51. The number of carbonyl (C=O) groups is 2. The number of nitrogens with zero attached hydrogens (tertiary/aromatic N) is 3. The third kappa shape index (κ3) is 4.89. The summed E-state index contributed by atoms with van der Waals surface area (Å²) in [5.41, 5.74) is 3.49. The largest absolute Gasteiger partial charge is 0.318 e. The second-order valence-corrected chi connectivity index (χ2v) is 7.22. The van der Waals surface area contributed by atoms with E-state index >= 15 is 0 Å². The Morgan fingerprint density at radius 3 is 2.50 bits per heavy atom. The van der Waals surface area contributed by atoms with Gasteiger partial charge < -0.3 is 15.2 Å². The van der Waals surface area contributed by atoms with E-state index in [1.807, 2.05) is 24.4 Å². The molecule has 2 aliphatic heterocycles. The van der Waals surface area contributed by atoms with Gasteiger partial charge in [-0.1, -0.05) is 25.3 Å². The summed E-state index contributed by atoms with van der Waals surface area (Å²) in [6.07, 6.45) is 14.2. The van der Waals surface area contributed by atoms with Crippen molar-refractivity contribution >= 4 is 23.6 Å². The number of hydrogen-bond acceptors (Lipinski definition) is 4. The van der Waals surface area contributed by atoms with E-state index in [4.69, 9.17) is 5.41 Å². The van der Waals surface area contributed by atoms with Crippen LogP contribution in [0.15, 0.2) is 79.0 Å². The predicted octanol–water partition coefficient (Wildman–Crippen LogP) is 3.87. The Labute approximate surface area is 177 Å². The normalized spacial score (nSPS) is 17.9. The molecule has 0 aliphatic carbocycles. The van der Waals surface area contributed by atoms with E-state index in [1.165, 1.54) is 6.21 Å². The van der Waals surface area contributed by atoms with Gasteiger partial charge in [0.2, 0.25) is 11.8 Å². The van der Waals surface area contributed by atoms with E-state index in [0.29, 0.717) is 42.8 Å². The molecule has 6 heteroatoms. The van der Waals surface area contributed by atoms with E-state index in [9.17, 15) is 9.59 Å². The standard InChI is InChI=1S/C24H26N4O2/c1-18(7-3-11-25)19(2)22(28-14-6-10-24(28)30)15-21(20-8-4-12-26-16-20)17-27-13-5-9-23(27)29/h3-4,7-8,11-12,15-17,25H,1-2,5-6,9-10,13-14H2/b7-3-,21-17-,22-15+,25-11?. The molecular formula is C24H26N4O2. The van der Waals surface area contributed by atoms with Crippen LogP contribution in [0.3, 0.4) is 0 Å². The Hall–Kier alpha value is -3.54. The molecule has 0 unspecified atom stereocenters. The van der Waals surface area contributed by atoms with Crippen molar-refractivity contribution in [3.63, 3.8) is 0 Å². The van der Waals surface area contributed by atoms with Crippen LogP contribution in [0.4, 0.5) is 0 Å². The first-order valence-electron chi connectivity index (χ1n) is 10.0. The number of hydrogen-bond donors (Lipinski definition) is 1. The van der Waals surface area contributed by atoms with Crippen molar-refractivity contribution in [3.8, 4) is 0 Å². The molecule has 30 heavy (non-hydrogen) atoms. The summed E-state index contributed by atoms with van der Waals surface area (Å²) in [4.78, 5) is 32.4. The minimum absolute atomic E-state index is 0.0361. The van der Waals surface area contributed by atoms with Crippen LogP contribution in [0.5, 0.6) is 0 Å². The maximum atomic E-state index is 12.5. The summed E-state index contributed by atoms with van der Waals surface area (Å²) >= 11 is 0. The van der Waals surface area contributed by atoms with Gasteiger partial charge in [-0.2, -0.15) is 0 Å².